The molecule has 0 amide bonds. The second kappa shape index (κ2) is 19.7. The Morgan fingerprint density at radius 3 is 2.17 bits per heavy atom. The van der Waals surface area contributed by atoms with Crippen LogP contribution in [0.4, 0.5) is 26.3 Å². The Morgan fingerprint density at radius 2 is 1.57 bits per heavy atom. The van der Waals surface area contributed by atoms with Crippen molar-refractivity contribution in [3.8, 4) is 5.75 Å². The number of thioether (sulfide) groups is 1. The molecule has 0 heterocycles. The number of ether oxygens (including phenoxy) is 2. The van der Waals surface area contributed by atoms with Crippen LogP contribution in [-0.2, 0) is 25.7 Å². The summed E-state index contributed by atoms with van der Waals surface area (Å²) in [5.74, 6) is -2.37. The van der Waals surface area contributed by atoms with Crippen LogP contribution in [0.5, 0.6) is 5.75 Å². The minimum absolute atomic E-state index is 0.112. The average molecular weight is 806 g/mol. The van der Waals surface area contributed by atoms with Crippen molar-refractivity contribution in [2.45, 2.75) is 127 Å². The van der Waals surface area contributed by atoms with Gasteiger partial charge < -0.3 is 18.5 Å². The van der Waals surface area contributed by atoms with E-state index < -0.39 is 46.6 Å². The summed E-state index contributed by atoms with van der Waals surface area (Å²) in [7, 11) is 5.01. The minimum atomic E-state index is -5.48. The number of quaternary nitrogens is 1. The predicted molar refractivity (Wildman–Crippen MR) is 196 cm³/mol. The van der Waals surface area contributed by atoms with Crippen molar-refractivity contribution in [2.75, 3.05) is 53.6 Å². The fraction of sp³-hybridized carbons (Fsp3) is 0.842. The van der Waals surface area contributed by atoms with Crippen LogP contribution in [0.2, 0.25) is 0 Å². The molecule has 0 spiro atoms. The molecule has 0 bridgehead atoms. The highest BCUT2D eigenvalue weighted by atomic mass is 32.3. The number of halogens is 6. The maximum absolute atomic E-state index is 15.4. The quantitative estimate of drug-likeness (QED) is 0.0344. The zero-order valence-corrected chi connectivity index (χ0v) is 33.8. The molecule has 15 heteroatoms. The van der Waals surface area contributed by atoms with Gasteiger partial charge in [-0.25, -0.2) is 12.8 Å². The Bertz CT molecular complexity index is 1370. The number of benzene rings is 1. The zero-order chi connectivity index (χ0) is 39.7. The Morgan fingerprint density at radius 1 is 0.962 bits per heavy atom. The molecule has 0 N–H and O–H groups in total. The third-order valence-corrected chi connectivity index (χ3v) is 12.5. The maximum atomic E-state index is 15.4. The summed E-state index contributed by atoms with van der Waals surface area (Å²) >= 11 is 1.42. The largest absolute Gasteiger partial charge is 0.726 e. The van der Waals surface area contributed by atoms with Gasteiger partial charge in [0.15, 0.2) is 6.79 Å². The van der Waals surface area contributed by atoms with Crippen LogP contribution in [0.1, 0.15) is 107 Å². The van der Waals surface area contributed by atoms with Gasteiger partial charge in [-0.15, -0.1) is 0 Å². The zero-order valence-electron chi connectivity index (χ0n) is 32.2. The standard InChI is InChI=1S/C34H50F6O6S2.C4H12N/c1-32-16-14-27-26-13-12-25(45-22-44-2)20-24(26)19-23(30(27)28(32)21-29(35)31(32)46-48(41,42)43)11-8-6-4-3-5-7-9-17-47-18-10-15-33(36,37)34(38,39)40;1-5(2,3)4/h12-13,20,23,27-31H,3-11,14-19,21-22H2,1-2H3,(H,41,42,43);1-4H3/q;+1/p-1/t23-,27-,28+,29-,30-,31+,32+;/m1./s1. The third-order valence-electron chi connectivity index (χ3n) is 10.9. The van der Waals surface area contributed by atoms with Crippen molar-refractivity contribution in [1.82, 2.24) is 0 Å². The summed E-state index contributed by atoms with van der Waals surface area (Å²) in [6, 6.07) is 6.11. The van der Waals surface area contributed by atoms with E-state index in [0.717, 1.165) is 80.2 Å². The van der Waals surface area contributed by atoms with Crippen LogP contribution in [0.25, 0.3) is 0 Å². The topological polar surface area (TPSA) is 84.9 Å². The van der Waals surface area contributed by atoms with Crippen LogP contribution in [-0.4, -0.2) is 95.4 Å². The van der Waals surface area contributed by atoms with Crippen LogP contribution in [0.3, 0.4) is 0 Å². The van der Waals surface area contributed by atoms with Gasteiger partial charge in [0.1, 0.15) is 18.0 Å². The number of alkyl halides is 6. The second-order valence-electron chi connectivity index (χ2n) is 16.8. The lowest BCUT2D eigenvalue weighted by Crippen LogP contribution is -2.48. The first kappa shape index (κ1) is 46.1. The van der Waals surface area contributed by atoms with Gasteiger partial charge in [0.2, 0.25) is 10.4 Å². The molecule has 53 heavy (non-hydrogen) atoms. The lowest BCUT2D eigenvalue weighted by atomic mass is 9.52. The molecule has 0 saturated heterocycles. The summed E-state index contributed by atoms with van der Waals surface area (Å²) in [6.07, 6.45) is 0.691. The Balaban J connectivity index is 0.00000141. The fourth-order valence-corrected chi connectivity index (χ4v) is 10.2. The normalized spacial score (nSPS) is 27.3. The van der Waals surface area contributed by atoms with E-state index in [9.17, 15) is 34.9 Å². The number of hydrogen-bond acceptors (Lipinski definition) is 7. The molecule has 7 nitrogen and oxygen atoms in total. The van der Waals surface area contributed by atoms with Crippen molar-refractivity contribution in [1.29, 1.82) is 0 Å². The molecule has 2 fully saturated rings. The predicted octanol–water partition coefficient (Wildman–Crippen LogP) is 9.70. The maximum Gasteiger partial charge on any atom is 0.453 e. The molecule has 308 valence electrons. The van der Waals surface area contributed by atoms with E-state index in [1.807, 2.05) is 13.0 Å². The van der Waals surface area contributed by atoms with E-state index in [0.29, 0.717) is 6.42 Å². The summed E-state index contributed by atoms with van der Waals surface area (Å²) in [6.45, 7) is 2.03. The summed E-state index contributed by atoms with van der Waals surface area (Å²) < 4.78 is 129. The summed E-state index contributed by atoms with van der Waals surface area (Å²) in [4.78, 5) is 0. The summed E-state index contributed by atoms with van der Waals surface area (Å²) in [5.41, 5.74) is 1.70. The monoisotopic (exact) mass is 805 g/mol. The van der Waals surface area contributed by atoms with Gasteiger partial charge >= 0.3 is 12.1 Å². The molecule has 3 aliphatic carbocycles. The highest BCUT2D eigenvalue weighted by Gasteiger charge is 2.61. The number of fused-ring (bicyclic) bond motifs is 5. The van der Waals surface area contributed by atoms with Gasteiger partial charge in [-0.05, 0) is 103 Å². The fourth-order valence-electron chi connectivity index (χ4n) is 8.63. The third kappa shape index (κ3) is 14.0. The number of methoxy groups -OCH3 is 1. The van der Waals surface area contributed by atoms with E-state index in [4.69, 9.17) is 13.7 Å². The van der Waals surface area contributed by atoms with Crippen LogP contribution in [0.15, 0.2) is 18.2 Å². The molecule has 7 atom stereocenters. The molecule has 0 aliphatic heterocycles. The van der Waals surface area contributed by atoms with Gasteiger partial charge in [-0.1, -0.05) is 51.5 Å². The highest BCUT2D eigenvalue weighted by Crippen LogP contribution is 2.64. The van der Waals surface area contributed by atoms with E-state index in [1.165, 1.54) is 22.9 Å². The second-order valence-corrected chi connectivity index (χ2v) is 19.0. The molecule has 4 rings (SSSR count). The lowest BCUT2D eigenvalue weighted by Gasteiger charge is -2.53. The van der Waals surface area contributed by atoms with Gasteiger partial charge in [0.05, 0.1) is 28.2 Å². The van der Waals surface area contributed by atoms with Crippen molar-refractivity contribution in [3.05, 3.63) is 29.3 Å². The molecule has 0 radical (unpaired) electrons. The molecule has 0 aromatic heterocycles. The molecular weight excluding hydrogens is 745 g/mol. The van der Waals surface area contributed by atoms with Crippen molar-refractivity contribution in [3.63, 3.8) is 0 Å². The molecular formula is C38H61F6NO6S2. The van der Waals surface area contributed by atoms with E-state index in [1.54, 1.807) is 7.11 Å². The van der Waals surface area contributed by atoms with E-state index >= 15 is 4.39 Å². The van der Waals surface area contributed by atoms with Crippen molar-refractivity contribution >= 4 is 22.2 Å². The Kier molecular flexibility index (Phi) is 17.2. The smallest absolute Gasteiger partial charge is 0.453 e. The first-order valence-corrected chi connectivity index (χ1v) is 21.4. The van der Waals surface area contributed by atoms with Gasteiger partial charge in [0.25, 0.3) is 0 Å². The Labute approximate surface area is 317 Å². The van der Waals surface area contributed by atoms with Crippen molar-refractivity contribution < 1.29 is 57.5 Å². The Hall–Kier alpha value is -1.26. The SMILES string of the molecule is COCOc1ccc2c(c1)C[C@@H](CCCCCCCCCSCCCC(F)(F)C(F)(F)F)[C@@H]1[C@@H]2CC[C@@]2(C)[C@H]1C[C@@H](F)[C@@H]2OS(=O)(=O)[O-].C[N+](C)(C)C. The van der Waals surface area contributed by atoms with Crippen LogP contribution < -0.4 is 4.74 Å². The van der Waals surface area contributed by atoms with Gasteiger partial charge in [0, 0.05) is 18.9 Å². The first-order valence-electron chi connectivity index (χ1n) is 18.9. The molecule has 1 aromatic rings. The van der Waals surface area contributed by atoms with Crippen LogP contribution in [0, 0.1) is 23.2 Å². The lowest BCUT2D eigenvalue weighted by molar-refractivity contribution is -0.849. The van der Waals surface area contributed by atoms with Crippen molar-refractivity contribution in [2.24, 2.45) is 23.2 Å². The average Bonchev–Trinajstić information content (AvgIpc) is 3.28. The van der Waals surface area contributed by atoms with Gasteiger partial charge in [-0.3, -0.25) is 4.18 Å². The van der Waals surface area contributed by atoms with E-state index in [2.05, 4.69) is 40.3 Å². The molecule has 2 saturated carbocycles. The molecule has 1 aromatic carbocycles. The highest BCUT2D eigenvalue weighted by molar-refractivity contribution is 7.99. The number of unbranched alkanes of at least 4 members (excludes halogenated alkanes) is 6. The van der Waals surface area contributed by atoms with Gasteiger partial charge in [-0.2, -0.15) is 33.7 Å². The van der Waals surface area contributed by atoms with E-state index in [-0.39, 0.29) is 49.1 Å². The number of nitrogens with zero attached hydrogens (tertiary/aromatic N) is 1. The number of rotatable bonds is 19. The first-order chi connectivity index (χ1) is 24.6. The molecule has 0 unspecified atom stereocenters. The van der Waals surface area contributed by atoms with Crippen LogP contribution >= 0.6 is 11.8 Å². The molecule has 3 aliphatic rings. The minimum Gasteiger partial charge on any atom is -0.726 e. The number of hydrogen-bond donors (Lipinski definition) is 0. The summed E-state index contributed by atoms with van der Waals surface area (Å²) in [5, 5.41) is 0.